The lowest BCUT2D eigenvalue weighted by molar-refractivity contribution is -0.0664. The summed E-state index contributed by atoms with van der Waals surface area (Å²) in [7, 11) is -4.19. The van der Waals surface area contributed by atoms with Gasteiger partial charge in [0.2, 0.25) is 0 Å². The Morgan fingerprint density at radius 1 is 1.45 bits per heavy atom. The number of rotatable bonds is 1. The Balaban J connectivity index is 1.73. The average Bonchev–Trinajstić information content (AvgIpc) is 3.01. The molecule has 5 atom stereocenters. The maximum Gasteiger partial charge on any atom is 0.472 e. The normalized spacial score (nSPS) is 38.3. The first-order chi connectivity index (χ1) is 10.5. The van der Waals surface area contributed by atoms with Gasteiger partial charge >= 0.3 is 7.82 Å². The van der Waals surface area contributed by atoms with E-state index in [1.807, 2.05) is 0 Å². The molecule has 0 aromatic carbocycles. The number of H-pyrrole nitrogens is 1. The molecule has 0 saturated carbocycles. The van der Waals surface area contributed by atoms with Crippen LogP contribution in [-0.4, -0.2) is 54.4 Å². The number of fused-ring (bicyclic) bond motifs is 2. The fraction of sp³-hybridized carbons (Fsp3) is 0.500. The number of aromatic nitrogens is 4. The van der Waals surface area contributed by atoms with Crippen LogP contribution in [0.1, 0.15) is 6.23 Å². The molecule has 11 nitrogen and oxygen atoms in total. The van der Waals surface area contributed by atoms with E-state index in [0.29, 0.717) is 0 Å². The van der Waals surface area contributed by atoms with Crippen LogP contribution in [0.25, 0.3) is 11.2 Å². The van der Waals surface area contributed by atoms with Gasteiger partial charge in [0, 0.05) is 0 Å². The van der Waals surface area contributed by atoms with Crippen LogP contribution in [0.3, 0.4) is 0 Å². The standard InChI is InChI=1S/C10H11N4O7P/c15-6-7-4(1-19-22(17,18)21-7)20-10(6)14-3-13-5-8(14)11-2-12-9(5)16/h2-4,6-7,10,15H,1H2,(H,17,18)(H,11,12,16). The highest BCUT2D eigenvalue weighted by molar-refractivity contribution is 7.47. The van der Waals surface area contributed by atoms with Gasteiger partial charge in [-0.3, -0.25) is 18.4 Å². The van der Waals surface area contributed by atoms with Gasteiger partial charge in [-0.25, -0.2) is 14.5 Å². The molecule has 3 N–H and O–H groups in total. The third-order valence-corrected chi connectivity index (χ3v) is 4.59. The average molecular weight is 330 g/mol. The molecule has 0 spiro atoms. The summed E-state index contributed by atoms with van der Waals surface area (Å²) >= 11 is 0. The highest BCUT2D eigenvalue weighted by Crippen LogP contribution is 2.52. The molecular weight excluding hydrogens is 319 g/mol. The van der Waals surface area contributed by atoms with Crippen LogP contribution in [0.2, 0.25) is 0 Å². The number of phosphoric acid groups is 1. The summed E-state index contributed by atoms with van der Waals surface area (Å²) in [6, 6.07) is 0. The summed E-state index contributed by atoms with van der Waals surface area (Å²) in [6.07, 6.45) is -1.43. The molecule has 22 heavy (non-hydrogen) atoms. The monoisotopic (exact) mass is 330 g/mol. The highest BCUT2D eigenvalue weighted by Gasteiger charge is 2.52. The molecule has 4 heterocycles. The molecule has 2 aliphatic heterocycles. The summed E-state index contributed by atoms with van der Waals surface area (Å²) < 4.78 is 27.9. The number of ether oxygens (including phenoxy) is 1. The van der Waals surface area contributed by atoms with Gasteiger partial charge < -0.3 is 19.7 Å². The van der Waals surface area contributed by atoms with Crippen molar-refractivity contribution in [2.75, 3.05) is 6.61 Å². The minimum absolute atomic E-state index is 0.0955. The Hall–Kier alpha value is -1.62. The van der Waals surface area contributed by atoms with Crippen molar-refractivity contribution in [2.24, 2.45) is 0 Å². The van der Waals surface area contributed by atoms with E-state index in [2.05, 4.69) is 19.5 Å². The Bertz CT molecular complexity index is 834. The second kappa shape index (κ2) is 4.69. The first-order valence-electron chi connectivity index (χ1n) is 6.36. The summed E-state index contributed by atoms with van der Waals surface area (Å²) in [5.41, 5.74) is -0.106. The van der Waals surface area contributed by atoms with E-state index in [0.717, 1.165) is 0 Å². The SMILES string of the molecule is O=c1[nH]cnc2c1ncn2C1OC2COP(=O)(O)OC2C1O. The van der Waals surface area contributed by atoms with Gasteiger partial charge in [-0.15, -0.1) is 0 Å². The number of nitrogens with zero attached hydrogens (tertiary/aromatic N) is 3. The lowest BCUT2D eigenvalue weighted by Gasteiger charge is -2.27. The molecule has 2 aromatic rings. The molecule has 0 aliphatic carbocycles. The van der Waals surface area contributed by atoms with Crippen molar-refractivity contribution in [3.8, 4) is 0 Å². The zero-order chi connectivity index (χ0) is 15.5. The summed E-state index contributed by atoms with van der Waals surface area (Å²) in [6.45, 7) is -0.188. The van der Waals surface area contributed by atoms with Crippen molar-refractivity contribution >= 4 is 19.0 Å². The third kappa shape index (κ3) is 2.02. The first kappa shape index (κ1) is 14.0. The lowest BCUT2D eigenvalue weighted by atomic mass is 10.1. The van der Waals surface area contributed by atoms with E-state index in [1.54, 1.807) is 0 Å². The minimum atomic E-state index is -4.19. The second-order valence-corrected chi connectivity index (χ2v) is 6.35. The lowest BCUT2D eigenvalue weighted by Crippen LogP contribution is -2.39. The van der Waals surface area contributed by atoms with E-state index in [1.165, 1.54) is 17.2 Å². The number of hydrogen-bond donors (Lipinski definition) is 3. The van der Waals surface area contributed by atoms with Gasteiger partial charge in [0.1, 0.15) is 18.3 Å². The molecule has 118 valence electrons. The smallest absolute Gasteiger partial charge is 0.386 e. The number of hydrogen-bond acceptors (Lipinski definition) is 8. The van der Waals surface area contributed by atoms with Gasteiger partial charge in [0.15, 0.2) is 17.4 Å². The topological polar surface area (TPSA) is 149 Å². The van der Waals surface area contributed by atoms with E-state index < -0.39 is 37.9 Å². The quantitative estimate of drug-likeness (QED) is 0.553. The van der Waals surface area contributed by atoms with Crippen LogP contribution in [0.4, 0.5) is 0 Å². The predicted octanol–water partition coefficient (Wildman–Crippen LogP) is -1.11. The Morgan fingerprint density at radius 3 is 3.09 bits per heavy atom. The fourth-order valence-corrected chi connectivity index (χ4v) is 3.58. The van der Waals surface area contributed by atoms with Crippen LogP contribution in [0.15, 0.2) is 17.4 Å². The van der Waals surface area contributed by atoms with Gasteiger partial charge in [-0.2, -0.15) is 0 Å². The molecule has 2 aliphatic rings. The highest BCUT2D eigenvalue weighted by atomic mass is 31.2. The van der Waals surface area contributed by atoms with E-state index in [-0.39, 0.29) is 17.8 Å². The van der Waals surface area contributed by atoms with Crippen LogP contribution >= 0.6 is 7.82 Å². The zero-order valence-electron chi connectivity index (χ0n) is 10.9. The fourth-order valence-electron chi connectivity index (χ4n) is 2.61. The molecule has 2 fully saturated rings. The second-order valence-electron chi connectivity index (χ2n) is 4.95. The van der Waals surface area contributed by atoms with Crippen molar-refractivity contribution < 1.29 is 28.3 Å². The Kier molecular flexibility index (Phi) is 2.98. The van der Waals surface area contributed by atoms with Gasteiger partial charge in [0.05, 0.1) is 19.3 Å². The summed E-state index contributed by atoms with van der Waals surface area (Å²) in [5, 5.41) is 10.3. The van der Waals surface area contributed by atoms with E-state index >= 15 is 0 Å². The van der Waals surface area contributed by atoms with Gasteiger partial charge in [-0.05, 0) is 0 Å². The number of aliphatic hydroxyl groups excluding tert-OH is 1. The Morgan fingerprint density at radius 2 is 2.27 bits per heavy atom. The maximum absolute atomic E-state index is 11.6. The molecular formula is C10H11N4O7P. The number of imidazole rings is 1. The van der Waals surface area contributed by atoms with Crippen LogP contribution in [-0.2, 0) is 18.3 Å². The number of aromatic amines is 1. The van der Waals surface area contributed by atoms with Crippen molar-refractivity contribution in [1.29, 1.82) is 0 Å². The summed E-state index contributed by atoms with van der Waals surface area (Å²) in [5.74, 6) is 0. The molecule has 12 heteroatoms. The van der Waals surface area contributed by atoms with Crippen LogP contribution < -0.4 is 5.56 Å². The van der Waals surface area contributed by atoms with Crippen LogP contribution in [0, 0.1) is 0 Å². The van der Waals surface area contributed by atoms with E-state index in [4.69, 9.17) is 9.26 Å². The number of phosphoric ester groups is 1. The summed E-state index contributed by atoms with van der Waals surface area (Å²) in [4.78, 5) is 31.3. The molecule has 2 saturated heterocycles. The van der Waals surface area contributed by atoms with Crippen molar-refractivity contribution in [2.45, 2.75) is 24.5 Å². The first-order valence-corrected chi connectivity index (χ1v) is 7.85. The molecule has 2 aromatic heterocycles. The molecule has 4 rings (SSSR count). The molecule has 5 unspecified atom stereocenters. The Labute approximate surface area is 122 Å². The molecule has 0 radical (unpaired) electrons. The van der Waals surface area contributed by atoms with E-state index in [9.17, 15) is 19.4 Å². The van der Waals surface area contributed by atoms with Crippen molar-refractivity contribution in [1.82, 2.24) is 19.5 Å². The zero-order valence-corrected chi connectivity index (χ0v) is 11.8. The van der Waals surface area contributed by atoms with Gasteiger partial charge in [-0.1, -0.05) is 0 Å². The largest absolute Gasteiger partial charge is 0.472 e. The third-order valence-electron chi connectivity index (χ3n) is 3.61. The number of nitrogens with one attached hydrogen (secondary N) is 1. The number of aliphatic hydroxyl groups is 1. The van der Waals surface area contributed by atoms with Crippen LogP contribution in [0.5, 0.6) is 0 Å². The molecule has 0 amide bonds. The maximum atomic E-state index is 11.6. The van der Waals surface area contributed by atoms with Gasteiger partial charge in [0.25, 0.3) is 5.56 Å². The van der Waals surface area contributed by atoms with Crippen molar-refractivity contribution in [3.63, 3.8) is 0 Å². The predicted molar refractivity (Wildman–Crippen MR) is 68.7 cm³/mol. The molecule has 0 bridgehead atoms. The van der Waals surface area contributed by atoms with Crippen molar-refractivity contribution in [3.05, 3.63) is 23.0 Å². The minimum Gasteiger partial charge on any atom is -0.386 e.